The van der Waals surface area contributed by atoms with Crippen molar-refractivity contribution in [1.82, 2.24) is 10.2 Å². The Morgan fingerprint density at radius 3 is 2.62 bits per heavy atom. The van der Waals surface area contributed by atoms with Gasteiger partial charge in [0.2, 0.25) is 5.91 Å². The number of carboxylic acid groups (broad SMARTS) is 1. The van der Waals surface area contributed by atoms with Crippen LogP contribution in [-0.4, -0.2) is 44.7 Å². The number of hydrogen-bond donors (Lipinski definition) is 2. The van der Waals surface area contributed by atoms with Crippen molar-refractivity contribution in [1.29, 1.82) is 0 Å². The number of thioether (sulfide) groups is 1. The number of rotatable bonds is 5. The maximum Gasteiger partial charge on any atom is 0.325 e. The van der Waals surface area contributed by atoms with E-state index in [0.29, 0.717) is 4.91 Å². The summed E-state index contributed by atoms with van der Waals surface area (Å²) in [6.07, 6.45) is 1.70. The predicted molar refractivity (Wildman–Crippen MR) is 99.3 cm³/mol. The highest BCUT2D eigenvalue weighted by Crippen LogP contribution is 2.32. The summed E-state index contributed by atoms with van der Waals surface area (Å²) in [6.45, 7) is 1.04. The lowest BCUT2D eigenvalue weighted by Crippen LogP contribution is -2.45. The van der Waals surface area contributed by atoms with E-state index < -0.39 is 17.9 Å². The molecule has 6 nitrogen and oxygen atoms in total. The Balaban J connectivity index is 2.07. The molecule has 1 fully saturated rings. The van der Waals surface area contributed by atoms with Crippen LogP contribution in [0.25, 0.3) is 6.08 Å². The Morgan fingerprint density at radius 2 is 2.04 bits per heavy atom. The first-order valence-electron chi connectivity index (χ1n) is 6.81. The van der Waals surface area contributed by atoms with Gasteiger partial charge in [0.25, 0.3) is 5.91 Å². The summed E-state index contributed by atoms with van der Waals surface area (Å²) in [7, 11) is 0. The van der Waals surface area contributed by atoms with Crippen molar-refractivity contribution in [3.05, 3.63) is 39.2 Å². The molecule has 0 spiro atoms. The molecule has 2 N–H and O–H groups in total. The largest absolute Gasteiger partial charge is 0.480 e. The van der Waals surface area contributed by atoms with Crippen LogP contribution < -0.4 is 5.32 Å². The van der Waals surface area contributed by atoms with Crippen molar-refractivity contribution >= 4 is 68.1 Å². The maximum atomic E-state index is 12.4. The van der Waals surface area contributed by atoms with Crippen molar-refractivity contribution in [2.75, 3.05) is 6.54 Å². The quantitative estimate of drug-likeness (QED) is 0.552. The molecule has 1 atom stereocenters. The van der Waals surface area contributed by atoms with Gasteiger partial charge in [-0.2, -0.15) is 0 Å². The summed E-state index contributed by atoms with van der Waals surface area (Å²) in [5.74, 6) is -2.10. The zero-order chi connectivity index (χ0) is 17.9. The highest BCUT2D eigenvalue weighted by atomic mass is 79.9. The molecular weight excluding hydrogens is 416 g/mol. The lowest BCUT2D eigenvalue weighted by molar-refractivity contribution is -0.141. The first-order chi connectivity index (χ1) is 11.3. The van der Waals surface area contributed by atoms with Gasteiger partial charge in [-0.15, -0.1) is 0 Å². The first-order valence-corrected chi connectivity index (χ1v) is 8.83. The molecule has 0 saturated carbocycles. The van der Waals surface area contributed by atoms with E-state index in [2.05, 4.69) is 21.2 Å². The molecule has 0 aromatic heterocycles. The average molecular weight is 429 g/mol. The number of aliphatic carboxylic acids is 1. The number of nitrogens with one attached hydrogen (secondary N) is 1. The molecule has 2 rings (SSSR count). The lowest BCUT2D eigenvalue weighted by atomic mass is 10.2. The third kappa shape index (κ3) is 4.65. The normalized spacial score (nSPS) is 17.2. The zero-order valence-electron chi connectivity index (χ0n) is 12.5. The van der Waals surface area contributed by atoms with Crippen LogP contribution >= 0.6 is 39.9 Å². The third-order valence-electron chi connectivity index (χ3n) is 3.09. The highest BCUT2D eigenvalue weighted by Gasteiger charge is 2.33. The minimum atomic E-state index is -1.15. The maximum absolute atomic E-state index is 12.4. The average Bonchev–Trinajstić information content (AvgIpc) is 2.77. The third-order valence-corrected chi connectivity index (χ3v) is 5.00. The van der Waals surface area contributed by atoms with Crippen molar-refractivity contribution in [2.24, 2.45) is 0 Å². The molecule has 9 heteroatoms. The molecule has 1 aromatic rings. The molecule has 1 aliphatic heterocycles. The van der Waals surface area contributed by atoms with Gasteiger partial charge in [-0.1, -0.05) is 52.0 Å². The Morgan fingerprint density at radius 1 is 1.42 bits per heavy atom. The molecular formula is C15H13BrN2O4S2. The van der Waals surface area contributed by atoms with Crippen molar-refractivity contribution < 1.29 is 19.5 Å². The number of carbonyl (C=O) groups excluding carboxylic acids is 2. The molecule has 1 unspecified atom stereocenters. The minimum absolute atomic E-state index is 0.265. The molecule has 0 bridgehead atoms. The Kier molecular flexibility index (Phi) is 6.14. The number of hydrogen-bond acceptors (Lipinski definition) is 5. The van der Waals surface area contributed by atoms with Crippen LogP contribution in [0, 0.1) is 0 Å². The van der Waals surface area contributed by atoms with E-state index in [-0.39, 0.29) is 16.8 Å². The van der Waals surface area contributed by atoms with Gasteiger partial charge in [0, 0.05) is 4.47 Å². The number of thiocarbonyl (C=S) groups is 1. The SMILES string of the molecule is CC(NC(=O)CN1C(=O)/C(=C/c2ccc(Br)cc2)SC1=S)C(=O)O. The molecule has 1 saturated heterocycles. The number of carboxylic acids is 1. The predicted octanol–water partition coefficient (Wildman–Crippen LogP) is 2.24. The summed E-state index contributed by atoms with van der Waals surface area (Å²) in [5, 5.41) is 11.1. The summed E-state index contributed by atoms with van der Waals surface area (Å²) < 4.78 is 1.19. The molecule has 24 heavy (non-hydrogen) atoms. The number of amides is 2. The summed E-state index contributed by atoms with van der Waals surface area (Å²) >= 11 is 9.59. The lowest BCUT2D eigenvalue weighted by Gasteiger charge is -2.15. The van der Waals surface area contributed by atoms with Crippen molar-refractivity contribution in [2.45, 2.75) is 13.0 Å². The molecule has 0 aliphatic carbocycles. The van der Waals surface area contributed by atoms with Gasteiger partial charge in [-0.3, -0.25) is 19.3 Å². The van der Waals surface area contributed by atoms with Gasteiger partial charge >= 0.3 is 5.97 Å². The van der Waals surface area contributed by atoms with Crippen LogP contribution in [0.5, 0.6) is 0 Å². The Bertz CT molecular complexity index is 733. The van der Waals surface area contributed by atoms with Crippen LogP contribution in [0.4, 0.5) is 0 Å². The second-order valence-electron chi connectivity index (χ2n) is 4.95. The van der Waals surface area contributed by atoms with E-state index in [1.54, 1.807) is 6.08 Å². The van der Waals surface area contributed by atoms with Crippen LogP contribution in [0.1, 0.15) is 12.5 Å². The fraction of sp³-hybridized carbons (Fsp3) is 0.200. The van der Waals surface area contributed by atoms with Gasteiger partial charge < -0.3 is 10.4 Å². The summed E-state index contributed by atoms with van der Waals surface area (Å²) in [4.78, 5) is 36.6. The van der Waals surface area contributed by atoms with E-state index in [9.17, 15) is 14.4 Å². The summed E-state index contributed by atoms with van der Waals surface area (Å²) in [5.41, 5.74) is 0.836. The van der Waals surface area contributed by atoms with Gasteiger partial charge in [0.15, 0.2) is 0 Å². The van der Waals surface area contributed by atoms with Crippen LogP contribution in [-0.2, 0) is 14.4 Å². The van der Waals surface area contributed by atoms with E-state index in [1.165, 1.54) is 6.92 Å². The fourth-order valence-corrected chi connectivity index (χ4v) is 3.36. The molecule has 1 heterocycles. The van der Waals surface area contributed by atoms with E-state index in [0.717, 1.165) is 26.7 Å². The second kappa shape index (κ2) is 7.91. The number of nitrogens with zero attached hydrogens (tertiary/aromatic N) is 1. The van der Waals surface area contributed by atoms with E-state index in [1.807, 2.05) is 24.3 Å². The molecule has 126 valence electrons. The second-order valence-corrected chi connectivity index (χ2v) is 7.54. The standard InChI is InChI=1S/C15H13BrN2O4S2/c1-8(14(21)22)17-12(19)7-18-13(20)11(24-15(18)23)6-9-2-4-10(16)5-3-9/h2-6,8H,7H2,1H3,(H,17,19)(H,21,22)/b11-6-. The molecule has 1 aliphatic rings. The molecule has 0 radical (unpaired) electrons. The Hall–Kier alpha value is -1.71. The van der Waals surface area contributed by atoms with E-state index in [4.69, 9.17) is 17.3 Å². The first kappa shape index (κ1) is 18.6. The smallest absolute Gasteiger partial charge is 0.325 e. The minimum Gasteiger partial charge on any atom is -0.480 e. The molecule has 2 amide bonds. The molecule has 1 aromatic carbocycles. The number of benzene rings is 1. The Labute approximate surface area is 156 Å². The van der Waals surface area contributed by atoms with E-state index >= 15 is 0 Å². The highest BCUT2D eigenvalue weighted by molar-refractivity contribution is 9.10. The van der Waals surface area contributed by atoms with Gasteiger partial charge in [-0.05, 0) is 30.7 Å². The monoisotopic (exact) mass is 428 g/mol. The van der Waals surface area contributed by atoms with Crippen LogP contribution in [0.3, 0.4) is 0 Å². The van der Waals surface area contributed by atoms with Gasteiger partial charge in [0.1, 0.15) is 16.9 Å². The number of carbonyl (C=O) groups is 3. The van der Waals surface area contributed by atoms with Crippen molar-refractivity contribution in [3.8, 4) is 0 Å². The van der Waals surface area contributed by atoms with Gasteiger partial charge in [0.05, 0.1) is 4.91 Å². The fourth-order valence-electron chi connectivity index (χ4n) is 1.84. The van der Waals surface area contributed by atoms with Crippen molar-refractivity contribution in [3.63, 3.8) is 0 Å². The van der Waals surface area contributed by atoms with Gasteiger partial charge in [-0.25, -0.2) is 0 Å². The van der Waals surface area contributed by atoms with Crippen LogP contribution in [0.2, 0.25) is 0 Å². The number of halogens is 1. The topological polar surface area (TPSA) is 86.7 Å². The zero-order valence-corrected chi connectivity index (χ0v) is 15.7. The summed E-state index contributed by atoms with van der Waals surface area (Å²) in [6, 6.07) is 6.37. The van der Waals surface area contributed by atoms with Crippen LogP contribution in [0.15, 0.2) is 33.6 Å².